The molecule has 0 amide bonds. The van der Waals surface area contributed by atoms with E-state index in [0.29, 0.717) is 10.7 Å². The zero-order chi connectivity index (χ0) is 15.0. The number of carboxylic acids is 1. The van der Waals surface area contributed by atoms with Crippen molar-refractivity contribution in [1.29, 1.82) is 0 Å². The smallest absolute Gasteiger partial charge is 0.347 e. The molecule has 0 aliphatic rings. The van der Waals surface area contributed by atoms with Crippen LogP contribution in [0.2, 0.25) is 0 Å². The highest BCUT2D eigenvalue weighted by atomic mass is 32.1. The lowest BCUT2D eigenvalue weighted by Gasteiger charge is -2.11. The van der Waals surface area contributed by atoms with Gasteiger partial charge >= 0.3 is 5.97 Å². The first-order valence-electron chi connectivity index (χ1n) is 6.45. The standard InChI is InChI=1S/C15H14N2O3S/c1-9-4-3-5-12(10(9)2)20-8-11-13(14(18)19)21-15-16-6-7-17(11)15/h3-7H,8H2,1-2H3,(H,18,19). The molecule has 0 aliphatic heterocycles. The lowest BCUT2D eigenvalue weighted by molar-refractivity contribution is 0.0698. The van der Waals surface area contributed by atoms with E-state index in [1.165, 1.54) is 0 Å². The number of benzene rings is 1. The summed E-state index contributed by atoms with van der Waals surface area (Å²) in [5.74, 6) is -0.184. The average Bonchev–Trinajstić information content (AvgIpc) is 3.01. The van der Waals surface area contributed by atoms with Gasteiger partial charge < -0.3 is 9.84 Å². The molecule has 0 fully saturated rings. The van der Waals surface area contributed by atoms with Crippen molar-refractivity contribution >= 4 is 22.3 Å². The van der Waals surface area contributed by atoms with Gasteiger partial charge in [0.2, 0.25) is 0 Å². The van der Waals surface area contributed by atoms with E-state index in [-0.39, 0.29) is 11.5 Å². The lowest BCUT2D eigenvalue weighted by atomic mass is 10.1. The molecule has 0 atom stereocenters. The second-order valence-corrected chi connectivity index (χ2v) is 5.73. The van der Waals surface area contributed by atoms with Gasteiger partial charge in [-0.05, 0) is 31.0 Å². The number of hydrogen-bond acceptors (Lipinski definition) is 4. The monoisotopic (exact) mass is 302 g/mol. The van der Waals surface area contributed by atoms with E-state index in [4.69, 9.17) is 4.74 Å². The van der Waals surface area contributed by atoms with Crippen LogP contribution < -0.4 is 4.74 Å². The first-order valence-corrected chi connectivity index (χ1v) is 7.26. The van der Waals surface area contributed by atoms with Crippen LogP contribution in [0.15, 0.2) is 30.6 Å². The Kier molecular flexibility index (Phi) is 3.39. The van der Waals surface area contributed by atoms with Gasteiger partial charge in [0.15, 0.2) is 4.96 Å². The van der Waals surface area contributed by atoms with Crippen molar-refractivity contribution in [2.75, 3.05) is 0 Å². The fourth-order valence-corrected chi connectivity index (χ4v) is 3.09. The molecule has 21 heavy (non-hydrogen) atoms. The largest absolute Gasteiger partial charge is 0.487 e. The molecule has 0 unspecified atom stereocenters. The SMILES string of the molecule is Cc1cccc(OCc2c(C(=O)O)sc3nccn23)c1C. The Balaban J connectivity index is 1.94. The van der Waals surface area contributed by atoms with Gasteiger partial charge in [0.25, 0.3) is 0 Å². The molecule has 3 rings (SSSR count). The van der Waals surface area contributed by atoms with E-state index in [2.05, 4.69) is 4.98 Å². The van der Waals surface area contributed by atoms with Gasteiger partial charge in [-0.1, -0.05) is 23.5 Å². The number of hydrogen-bond donors (Lipinski definition) is 1. The minimum absolute atomic E-state index is 0.197. The van der Waals surface area contributed by atoms with Crippen LogP contribution >= 0.6 is 11.3 Å². The highest BCUT2D eigenvalue weighted by Gasteiger charge is 2.19. The van der Waals surface area contributed by atoms with Crippen LogP contribution in [0.4, 0.5) is 0 Å². The number of aryl methyl sites for hydroxylation is 1. The maximum Gasteiger partial charge on any atom is 0.347 e. The average molecular weight is 302 g/mol. The minimum atomic E-state index is -0.954. The van der Waals surface area contributed by atoms with Gasteiger partial charge in [0.1, 0.15) is 17.2 Å². The Labute approximate surface area is 125 Å². The molecule has 108 valence electrons. The van der Waals surface area contributed by atoms with Crippen LogP contribution in [0.1, 0.15) is 26.5 Å². The van der Waals surface area contributed by atoms with E-state index in [0.717, 1.165) is 28.2 Å². The first kappa shape index (κ1) is 13.6. The summed E-state index contributed by atoms with van der Waals surface area (Å²) >= 11 is 1.15. The minimum Gasteiger partial charge on any atom is -0.487 e. The van der Waals surface area contributed by atoms with E-state index in [1.54, 1.807) is 16.8 Å². The summed E-state index contributed by atoms with van der Waals surface area (Å²) in [6.45, 7) is 4.20. The predicted molar refractivity (Wildman–Crippen MR) is 80.3 cm³/mol. The molecule has 0 spiro atoms. The van der Waals surface area contributed by atoms with Crippen LogP contribution in [-0.2, 0) is 6.61 Å². The van der Waals surface area contributed by atoms with Crippen LogP contribution in [-0.4, -0.2) is 20.5 Å². The molecular formula is C15H14N2O3S. The van der Waals surface area contributed by atoms with Crippen LogP contribution in [0.5, 0.6) is 5.75 Å². The van der Waals surface area contributed by atoms with Crippen LogP contribution in [0.25, 0.3) is 4.96 Å². The molecule has 3 aromatic rings. The Bertz CT molecular complexity index is 820. The third-order valence-electron chi connectivity index (χ3n) is 3.47. The molecule has 0 saturated carbocycles. The number of nitrogens with zero attached hydrogens (tertiary/aromatic N) is 2. The molecule has 2 aromatic heterocycles. The summed E-state index contributed by atoms with van der Waals surface area (Å²) in [6, 6.07) is 5.83. The number of aromatic nitrogens is 2. The maximum atomic E-state index is 11.3. The van der Waals surface area contributed by atoms with Crippen molar-refractivity contribution in [3.63, 3.8) is 0 Å². The van der Waals surface area contributed by atoms with Crippen molar-refractivity contribution in [1.82, 2.24) is 9.38 Å². The van der Waals surface area contributed by atoms with Gasteiger partial charge in [-0.25, -0.2) is 9.78 Å². The summed E-state index contributed by atoms with van der Waals surface area (Å²) in [5.41, 5.74) is 2.82. The second-order valence-electron chi connectivity index (χ2n) is 4.75. The fraction of sp³-hybridized carbons (Fsp3) is 0.200. The number of ether oxygens (including phenoxy) is 1. The third-order valence-corrected chi connectivity index (χ3v) is 4.57. The molecule has 0 aliphatic carbocycles. The van der Waals surface area contributed by atoms with Crippen molar-refractivity contribution < 1.29 is 14.6 Å². The van der Waals surface area contributed by atoms with Gasteiger partial charge in [-0.15, -0.1) is 0 Å². The Morgan fingerprint density at radius 3 is 3.00 bits per heavy atom. The van der Waals surface area contributed by atoms with E-state index < -0.39 is 5.97 Å². The van der Waals surface area contributed by atoms with E-state index in [1.807, 2.05) is 32.0 Å². The Morgan fingerprint density at radius 2 is 2.24 bits per heavy atom. The number of imidazole rings is 1. The van der Waals surface area contributed by atoms with Crippen molar-refractivity contribution in [2.45, 2.75) is 20.5 Å². The van der Waals surface area contributed by atoms with Gasteiger partial charge in [0, 0.05) is 12.4 Å². The Hall–Kier alpha value is -2.34. The van der Waals surface area contributed by atoms with E-state index in [9.17, 15) is 9.90 Å². The number of rotatable bonds is 4. The van der Waals surface area contributed by atoms with Gasteiger partial charge in [-0.3, -0.25) is 4.40 Å². The van der Waals surface area contributed by atoms with E-state index >= 15 is 0 Å². The van der Waals surface area contributed by atoms with Crippen molar-refractivity contribution in [2.24, 2.45) is 0 Å². The number of carbonyl (C=O) groups is 1. The van der Waals surface area contributed by atoms with Crippen molar-refractivity contribution in [3.05, 3.63) is 52.3 Å². The summed E-state index contributed by atoms with van der Waals surface area (Å²) < 4.78 is 7.59. The number of aromatic carboxylic acids is 1. The van der Waals surface area contributed by atoms with Crippen molar-refractivity contribution in [3.8, 4) is 5.75 Å². The van der Waals surface area contributed by atoms with Gasteiger partial charge in [-0.2, -0.15) is 0 Å². The normalized spacial score (nSPS) is 11.0. The molecule has 5 nitrogen and oxygen atoms in total. The molecule has 1 N–H and O–H groups in total. The maximum absolute atomic E-state index is 11.3. The third kappa shape index (κ3) is 2.38. The summed E-state index contributed by atoms with van der Waals surface area (Å²) in [5, 5.41) is 9.29. The summed E-state index contributed by atoms with van der Waals surface area (Å²) in [6.07, 6.45) is 3.40. The second kappa shape index (κ2) is 5.21. The first-order chi connectivity index (χ1) is 10.1. The molecular weight excluding hydrogens is 288 g/mol. The number of fused-ring (bicyclic) bond motifs is 1. The highest BCUT2D eigenvalue weighted by Crippen LogP contribution is 2.26. The topological polar surface area (TPSA) is 63.8 Å². The predicted octanol–water partition coefficient (Wildman–Crippen LogP) is 3.29. The number of thiazole rings is 1. The lowest BCUT2D eigenvalue weighted by Crippen LogP contribution is -2.06. The molecule has 0 radical (unpaired) electrons. The summed E-state index contributed by atoms with van der Waals surface area (Å²) in [4.78, 5) is 16.4. The number of carboxylic acid groups (broad SMARTS) is 1. The van der Waals surface area contributed by atoms with Crippen LogP contribution in [0, 0.1) is 13.8 Å². The summed E-state index contributed by atoms with van der Waals surface area (Å²) in [7, 11) is 0. The fourth-order valence-electron chi connectivity index (χ4n) is 2.16. The highest BCUT2D eigenvalue weighted by molar-refractivity contribution is 7.18. The van der Waals surface area contributed by atoms with Gasteiger partial charge in [0.05, 0.1) is 5.69 Å². The zero-order valence-corrected chi connectivity index (χ0v) is 12.5. The quantitative estimate of drug-likeness (QED) is 0.803. The molecule has 0 saturated heterocycles. The molecule has 1 aromatic carbocycles. The molecule has 2 heterocycles. The Morgan fingerprint density at radius 1 is 1.43 bits per heavy atom. The zero-order valence-electron chi connectivity index (χ0n) is 11.7. The van der Waals surface area contributed by atoms with Crippen LogP contribution in [0.3, 0.4) is 0 Å². The molecule has 0 bridgehead atoms. The molecule has 6 heteroatoms.